The van der Waals surface area contributed by atoms with Gasteiger partial charge in [0.15, 0.2) is 5.76 Å². The molecule has 2 rings (SSSR count). The highest BCUT2D eigenvalue weighted by molar-refractivity contribution is 9.10. The van der Waals surface area contributed by atoms with Crippen molar-refractivity contribution in [2.75, 3.05) is 7.05 Å². The van der Waals surface area contributed by atoms with E-state index in [9.17, 15) is 0 Å². The monoisotopic (exact) mass is 284 g/mol. The lowest BCUT2D eigenvalue weighted by atomic mass is 10.3. The van der Waals surface area contributed by atoms with Gasteiger partial charge in [0.1, 0.15) is 16.1 Å². The van der Waals surface area contributed by atoms with Crippen LogP contribution in [0.5, 0.6) is 0 Å². The van der Waals surface area contributed by atoms with Gasteiger partial charge in [-0.3, -0.25) is 4.90 Å². The van der Waals surface area contributed by atoms with E-state index in [1.54, 1.807) is 0 Å². The van der Waals surface area contributed by atoms with Crippen LogP contribution in [0.1, 0.15) is 17.3 Å². The molecule has 0 saturated heterocycles. The summed E-state index contributed by atoms with van der Waals surface area (Å²) >= 11 is 3.25. The summed E-state index contributed by atoms with van der Waals surface area (Å²) in [6.07, 6.45) is 0. The zero-order valence-corrected chi connectivity index (χ0v) is 10.8. The van der Waals surface area contributed by atoms with Crippen molar-refractivity contribution < 1.29 is 8.94 Å². The van der Waals surface area contributed by atoms with Crippen molar-refractivity contribution >= 4 is 15.9 Å². The Labute approximate surface area is 102 Å². The molecule has 0 bridgehead atoms. The minimum absolute atomic E-state index is 0.707. The SMILES string of the molecule is Cc1ccc(CN(C)Cc2cc(Br)no2)o1. The molecule has 86 valence electrons. The zero-order valence-electron chi connectivity index (χ0n) is 9.24. The van der Waals surface area contributed by atoms with Gasteiger partial charge >= 0.3 is 0 Å². The van der Waals surface area contributed by atoms with Gasteiger partial charge < -0.3 is 8.94 Å². The number of halogens is 1. The average molecular weight is 285 g/mol. The van der Waals surface area contributed by atoms with Gasteiger partial charge in [-0.05, 0) is 42.0 Å². The van der Waals surface area contributed by atoms with Crippen LogP contribution in [0.4, 0.5) is 0 Å². The van der Waals surface area contributed by atoms with E-state index in [0.717, 1.165) is 28.4 Å². The molecule has 0 N–H and O–H groups in total. The highest BCUT2D eigenvalue weighted by Crippen LogP contribution is 2.14. The maximum atomic E-state index is 5.50. The molecular weight excluding hydrogens is 272 g/mol. The minimum atomic E-state index is 0.707. The fourth-order valence-corrected chi connectivity index (χ4v) is 1.85. The summed E-state index contributed by atoms with van der Waals surface area (Å²) in [6.45, 7) is 3.40. The molecule has 0 unspecified atom stereocenters. The number of rotatable bonds is 4. The van der Waals surface area contributed by atoms with Crippen LogP contribution in [-0.4, -0.2) is 17.1 Å². The van der Waals surface area contributed by atoms with Crippen LogP contribution in [0, 0.1) is 6.92 Å². The van der Waals surface area contributed by atoms with E-state index in [0.29, 0.717) is 6.54 Å². The van der Waals surface area contributed by atoms with E-state index < -0.39 is 0 Å². The van der Waals surface area contributed by atoms with E-state index in [1.807, 2.05) is 32.2 Å². The highest BCUT2D eigenvalue weighted by Gasteiger charge is 2.08. The maximum Gasteiger partial charge on any atom is 0.151 e. The molecule has 0 amide bonds. The minimum Gasteiger partial charge on any atom is -0.465 e. The maximum absolute atomic E-state index is 5.50. The lowest BCUT2D eigenvalue weighted by Crippen LogP contribution is -2.16. The predicted molar refractivity (Wildman–Crippen MR) is 62.8 cm³/mol. The molecule has 2 aromatic heterocycles. The summed E-state index contributed by atoms with van der Waals surface area (Å²) in [6, 6.07) is 5.82. The Morgan fingerprint density at radius 1 is 1.31 bits per heavy atom. The summed E-state index contributed by atoms with van der Waals surface area (Å²) in [5, 5.41) is 3.77. The van der Waals surface area contributed by atoms with Crippen LogP contribution < -0.4 is 0 Å². The Morgan fingerprint density at radius 2 is 2.06 bits per heavy atom. The largest absolute Gasteiger partial charge is 0.465 e. The van der Waals surface area contributed by atoms with Crippen molar-refractivity contribution in [2.45, 2.75) is 20.0 Å². The number of hydrogen-bond donors (Lipinski definition) is 0. The molecule has 2 aromatic rings. The van der Waals surface area contributed by atoms with Crippen molar-refractivity contribution in [3.63, 3.8) is 0 Å². The normalized spacial score (nSPS) is 11.2. The third-order valence-corrected chi connectivity index (χ3v) is 2.55. The van der Waals surface area contributed by atoms with Crippen molar-refractivity contribution in [1.29, 1.82) is 0 Å². The summed E-state index contributed by atoms with van der Waals surface area (Å²) in [4.78, 5) is 2.10. The van der Waals surface area contributed by atoms with E-state index in [2.05, 4.69) is 26.0 Å². The van der Waals surface area contributed by atoms with Crippen LogP contribution in [0.2, 0.25) is 0 Å². The Balaban J connectivity index is 1.91. The topological polar surface area (TPSA) is 42.4 Å². The van der Waals surface area contributed by atoms with E-state index in [-0.39, 0.29) is 0 Å². The lowest BCUT2D eigenvalue weighted by Gasteiger charge is -2.12. The Morgan fingerprint density at radius 3 is 2.62 bits per heavy atom. The molecule has 0 fully saturated rings. The third kappa shape index (κ3) is 2.96. The standard InChI is InChI=1S/C11H13BrN2O2/c1-8-3-4-9(15-8)6-14(2)7-10-5-11(12)13-16-10/h3-5H,6-7H2,1-2H3. The molecule has 0 aliphatic rings. The summed E-state index contributed by atoms with van der Waals surface area (Å²) in [5.74, 6) is 2.72. The molecule has 5 heteroatoms. The zero-order chi connectivity index (χ0) is 11.5. The van der Waals surface area contributed by atoms with Crippen LogP contribution >= 0.6 is 15.9 Å². The number of nitrogens with zero attached hydrogens (tertiary/aromatic N) is 2. The summed E-state index contributed by atoms with van der Waals surface area (Å²) < 4.78 is 11.3. The van der Waals surface area contributed by atoms with Crippen LogP contribution in [-0.2, 0) is 13.1 Å². The van der Waals surface area contributed by atoms with Crippen LogP contribution in [0.3, 0.4) is 0 Å². The first kappa shape index (κ1) is 11.4. The number of aryl methyl sites for hydroxylation is 1. The Hall–Kier alpha value is -1.07. The predicted octanol–water partition coefficient (Wildman–Crippen LogP) is 2.97. The first-order valence-electron chi connectivity index (χ1n) is 4.98. The van der Waals surface area contributed by atoms with Crippen molar-refractivity contribution in [2.24, 2.45) is 0 Å². The quantitative estimate of drug-likeness (QED) is 0.866. The Kier molecular flexibility index (Phi) is 3.46. The van der Waals surface area contributed by atoms with Gasteiger partial charge in [0, 0.05) is 6.07 Å². The molecule has 0 radical (unpaired) electrons. The van der Waals surface area contributed by atoms with Crippen LogP contribution in [0.25, 0.3) is 0 Å². The average Bonchev–Trinajstić information content (AvgIpc) is 2.76. The fraction of sp³-hybridized carbons (Fsp3) is 0.364. The van der Waals surface area contributed by atoms with Crippen LogP contribution in [0.15, 0.2) is 31.7 Å². The second kappa shape index (κ2) is 4.84. The summed E-state index contributed by atoms with van der Waals surface area (Å²) in [5.41, 5.74) is 0. The van der Waals surface area contributed by atoms with Crippen molar-refractivity contribution in [3.8, 4) is 0 Å². The number of furan rings is 1. The van der Waals surface area contributed by atoms with Gasteiger partial charge in [-0.2, -0.15) is 0 Å². The molecule has 0 atom stereocenters. The molecule has 4 nitrogen and oxygen atoms in total. The van der Waals surface area contributed by atoms with E-state index in [1.165, 1.54) is 0 Å². The van der Waals surface area contributed by atoms with Gasteiger partial charge in [-0.25, -0.2) is 0 Å². The first-order chi connectivity index (χ1) is 7.63. The van der Waals surface area contributed by atoms with Gasteiger partial charge in [0.05, 0.1) is 13.1 Å². The fourth-order valence-electron chi connectivity index (χ4n) is 1.52. The molecule has 0 aliphatic heterocycles. The molecule has 0 aromatic carbocycles. The smallest absolute Gasteiger partial charge is 0.151 e. The molecule has 0 aliphatic carbocycles. The van der Waals surface area contributed by atoms with Gasteiger partial charge in [-0.15, -0.1) is 0 Å². The number of hydrogen-bond acceptors (Lipinski definition) is 4. The Bertz CT molecular complexity index is 422. The van der Waals surface area contributed by atoms with Gasteiger partial charge in [0.2, 0.25) is 0 Å². The second-order valence-electron chi connectivity index (χ2n) is 3.80. The summed E-state index contributed by atoms with van der Waals surface area (Å²) in [7, 11) is 2.01. The molecular formula is C11H13BrN2O2. The van der Waals surface area contributed by atoms with Gasteiger partial charge in [0.25, 0.3) is 0 Å². The van der Waals surface area contributed by atoms with E-state index >= 15 is 0 Å². The molecule has 2 heterocycles. The van der Waals surface area contributed by atoms with Crippen molar-refractivity contribution in [3.05, 3.63) is 40.1 Å². The van der Waals surface area contributed by atoms with Gasteiger partial charge in [-0.1, -0.05) is 5.16 Å². The van der Waals surface area contributed by atoms with E-state index in [4.69, 9.17) is 8.94 Å². The van der Waals surface area contributed by atoms with Crippen molar-refractivity contribution in [1.82, 2.24) is 10.1 Å². The highest BCUT2D eigenvalue weighted by atomic mass is 79.9. The second-order valence-corrected chi connectivity index (χ2v) is 4.61. The number of aromatic nitrogens is 1. The first-order valence-corrected chi connectivity index (χ1v) is 5.78. The lowest BCUT2D eigenvalue weighted by molar-refractivity contribution is 0.247. The molecule has 16 heavy (non-hydrogen) atoms. The molecule has 0 saturated carbocycles. The third-order valence-electron chi connectivity index (χ3n) is 2.18. The molecule has 0 spiro atoms.